The quantitative estimate of drug-likeness (QED) is 0.314. The Bertz CT molecular complexity index is 945. The highest BCUT2D eigenvalue weighted by atomic mass is 16.5. The lowest BCUT2D eigenvalue weighted by Crippen LogP contribution is -2.65. The van der Waals surface area contributed by atoms with Gasteiger partial charge in [-0.15, -0.1) is 0 Å². The van der Waals surface area contributed by atoms with Crippen molar-refractivity contribution >= 4 is 23.7 Å². The van der Waals surface area contributed by atoms with Crippen molar-refractivity contribution in [2.45, 2.75) is 112 Å². The molecule has 214 valence electrons. The van der Waals surface area contributed by atoms with Gasteiger partial charge < -0.3 is 14.2 Å². The molecule has 4 unspecified atom stereocenters. The van der Waals surface area contributed by atoms with E-state index in [-0.39, 0.29) is 77.0 Å². The van der Waals surface area contributed by atoms with E-state index < -0.39 is 5.41 Å². The summed E-state index contributed by atoms with van der Waals surface area (Å²) in [5.74, 6) is 0.879. The van der Waals surface area contributed by atoms with Crippen LogP contribution < -0.4 is 0 Å². The summed E-state index contributed by atoms with van der Waals surface area (Å²) in [4.78, 5) is 50.3. The second-order valence-corrected chi connectivity index (χ2v) is 13.2. The molecule has 4 aliphatic carbocycles. The zero-order valence-corrected chi connectivity index (χ0v) is 24.4. The summed E-state index contributed by atoms with van der Waals surface area (Å²) >= 11 is 0. The van der Waals surface area contributed by atoms with Gasteiger partial charge in [0.05, 0.1) is 7.11 Å². The maximum Gasteiger partial charge on any atom is 0.305 e. The van der Waals surface area contributed by atoms with Crippen LogP contribution in [0.15, 0.2) is 0 Å². The van der Waals surface area contributed by atoms with Gasteiger partial charge in [-0.05, 0) is 85.9 Å². The van der Waals surface area contributed by atoms with E-state index in [4.69, 9.17) is 14.2 Å². The van der Waals surface area contributed by atoms with Crippen molar-refractivity contribution in [2.24, 2.45) is 52.3 Å². The number of methoxy groups -OCH3 is 1. The molecule has 4 aliphatic rings. The van der Waals surface area contributed by atoms with Crippen LogP contribution in [0.1, 0.15) is 99.3 Å². The maximum absolute atomic E-state index is 14.2. The van der Waals surface area contributed by atoms with E-state index in [1.54, 1.807) is 0 Å². The Morgan fingerprint density at radius 2 is 1.68 bits per heavy atom. The minimum absolute atomic E-state index is 0.0653. The molecule has 0 heterocycles. The SMILES string of the molecule is CC[C@H]1C(OC(C)=O)C2C3CC[C@H]([C@H](C)CCC(=O)OC)[C@@]3(C)C(=O)CC2[C@@]2(C)CC[C@@H](OC(C)=O)C[C@@H]12. The molecular weight excluding hydrogens is 484 g/mol. The van der Waals surface area contributed by atoms with Crippen molar-refractivity contribution < 1.29 is 33.4 Å². The molecule has 11 atom stereocenters. The fourth-order valence-electron chi connectivity index (χ4n) is 9.91. The van der Waals surface area contributed by atoms with Crippen molar-refractivity contribution in [2.75, 3.05) is 7.11 Å². The van der Waals surface area contributed by atoms with Crippen molar-refractivity contribution in [1.29, 1.82) is 0 Å². The fraction of sp³-hybridized carbons (Fsp3) is 0.871. The monoisotopic (exact) mass is 532 g/mol. The number of esters is 3. The number of ketones is 1. The molecule has 0 aliphatic heterocycles. The molecule has 0 aromatic carbocycles. The van der Waals surface area contributed by atoms with E-state index in [1.807, 2.05) is 0 Å². The van der Waals surface area contributed by atoms with Crippen LogP contribution in [0.5, 0.6) is 0 Å². The molecular formula is C31H48O7. The second-order valence-electron chi connectivity index (χ2n) is 13.2. The van der Waals surface area contributed by atoms with Gasteiger partial charge in [-0.1, -0.05) is 27.7 Å². The van der Waals surface area contributed by atoms with Crippen molar-refractivity contribution in [3.8, 4) is 0 Å². The number of ether oxygens (including phenoxy) is 3. The first-order valence-electron chi connectivity index (χ1n) is 14.8. The predicted octanol–water partition coefficient (Wildman–Crippen LogP) is 5.52. The minimum atomic E-state index is -0.481. The first kappa shape index (κ1) is 29.1. The average molecular weight is 533 g/mol. The van der Waals surface area contributed by atoms with E-state index in [2.05, 4.69) is 27.7 Å². The summed E-state index contributed by atoms with van der Waals surface area (Å²) in [7, 11) is 1.42. The summed E-state index contributed by atoms with van der Waals surface area (Å²) in [6, 6.07) is 0. The smallest absolute Gasteiger partial charge is 0.305 e. The van der Waals surface area contributed by atoms with Crippen molar-refractivity contribution in [3.63, 3.8) is 0 Å². The van der Waals surface area contributed by atoms with E-state index in [1.165, 1.54) is 21.0 Å². The third-order valence-corrected chi connectivity index (χ3v) is 11.6. The summed E-state index contributed by atoms with van der Waals surface area (Å²) in [6.07, 6.45) is 6.50. The van der Waals surface area contributed by atoms with Gasteiger partial charge in [0.25, 0.3) is 0 Å². The zero-order chi connectivity index (χ0) is 28.0. The molecule has 38 heavy (non-hydrogen) atoms. The molecule has 0 saturated heterocycles. The van der Waals surface area contributed by atoms with Crippen LogP contribution in [0.4, 0.5) is 0 Å². The van der Waals surface area contributed by atoms with Gasteiger partial charge in [-0.2, -0.15) is 0 Å². The molecule has 7 nitrogen and oxygen atoms in total. The number of Topliss-reactive ketones (excluding diaryl/α,β-unsaturated/α-hetero) is 1. The van der Waals surface area contributed by atoms with Gasteiger partial charge in [-0.3, -0.25) is 19.2 Å². The van der Waals surface area contributed by atoms with Gasteiger partial charge in [0.2, 0.25) is 0 Å². The first-order valence-corrected chi connectivity index (χ1v) is 14.8. The highest BCUT2D eigenvalue weighted by Gasteiger charge is 2.68. The number of hydrogen-bond acceptors (Lipinski definition) is 7. The average Bonchev–Trinajstić information content (AvgIpc) is 3.21. The Morgan fingerprint density at radius 3 is 2.29 bits per heavy atom. The van der Waals surface area contributed by atoms with Crippen LogP contribution in [-0.4, -0.2) is 43.0 Å². The first-order chi connectivity index (χ1) is 17.9. The Kier molecular flexibility index (Phi) is 8.36. The van der Waals surface area contributed by atoms with Crippen molar-refractivity contribution in [1.82, 2.24) is 0 Å². The Balaban J connectivity index is 1.70. The number of rotatable bonds is 7. The Hall–Kier alpha value is -1.92. The molecule has 4 rings (SSSR count). The van der Waals surface area contributed by atoms with Gasteiger partial charge in [-0.25, -0.2) is 0 Å². The molecule has 0 spiro atoms. The van der Waals surface area contributed by atoms with Crippen LogP contribution in [0.2, 0.25) is 0 Å². The molecule has 0 N–H and O–H groups in total. The fourth-order valence-corrected chi connectivity index (χ4v) is 9.91. The second kappa shape index (κ2) is 10.9. The third kappa shape index (κ3) is 4.81. The largest absolute Gasteiger partial charge is 0.469 e. The molecule has 0 radical (unpaired) electrons. The normalized spacial score (nSPS) is 42.8. The van der Waals surface area contributed by atoms with Crippen molar-refractivity contribution in [3.05, 3.63) is 0 Å². The molecule has 7 heteroatoms. The van der Waals surface area contributed by atoms with E-state index in [0.717, 1.165) is 38.5 Å². The van der Waals surface area contributed by atoms with Gasteiger partial charge in [0, 0.05) is 38.0 Å². The number of hydrogen-bond donors (Lipinski definition) is 0. The number of fused-ring (bicyclic) bond motifs is 5. The highest BCUT2D eigenvalue weighted by Crippen LogP contribution is 2.69. The lowest BCUT2D eigenvalue weighted by Gasteiger charge is -2.64. The zero-order valence-electron chi connectivity index (χ0n) is 24.4. The van der Waals surface area contributed by atoms with Crippen LogP contribution in [0.25, 0.3) is 0 Å². The Labute approximate surface area is 228 Å². The van der Waals surface area contributed by atoms with Gasteiger partial charge in [0.1, 0.15) is 18.0 Å². The Morgan fingerprint density at radius 1 is 1.00 bits per heavy atom. The predicted molar refractivity (Wildman–Crippen MR) is 142 cm³/mol. The lowest BCUT2D eigenvalue weighted by atomic mass is 9.41. The summed E-state index contributed by atoms with van der Waals surface area (Å²) in [6.45, 7) is 11.8. The van der Waals surface area contributed by atoms with Crippen LogP contribution in [0, 0.1) is 52.3 Å². The molecule has 4 saturated carbocycles. The summed E-state index contributed by atoms with van der Waals surface area (Å²) < 4.78 is 16.8. The molecule has 0 aromatic rings. The number of carbonyl (C=O) groups excluding carboxylic acids is 4. The number of carbonyl (C=O) groups is 4. The van der Waals surface area contributed by atoms with E-state index in [0.29, 0.717) is 25.0 Å². The standard InChI is InChI=1S/C31H48O7/c1-8-21-24-15-20(37-18(3)32)13-14-30(24,5)25-16-26(34)31(6)22(17(2)9-12-27(35)36-7)10-11-23(31)28(25)29(21)38-19(4)33/h17,20-25,28-29H,8-16H2,1-7H3/t17-,20-,21-,22-,23?,24+,25?,28?,29?,30+,31-/m1/s1. The molecule has 0 aromatic heterocycles. The van der Waals surface area contributed by atoms with Gasteiger partial charge in [0.15, 0.2) is 0 Å². The highest BCUT2D eigenvalue weighted by molar-refractivity contribution is 5.87. The van der Waals surface area contributed by atoms with E-state index in [9.17, 15) is 19.2 Å². The topological polar surface area (TPSA) is 96.0 Å². The third-order valence-electron chi connectivity index (χ3n) is 11.6. The molecule has 4 fully saturated rings. The van der Waals surface area contributed by atoms with Crippen LogP contribution in [0.3, 0.4) is 0 Å². The van der Waals surface area contributed by atoms with Crippen LogP contribution >= 0.6 is 0 Å². The molecule has 0 amide bonds. The lowest BCUT2D eigenvalue weighted by molar-refractivity contribution is -0.216. The summed E-state index contributed by atoms with van der Waals surface area (Å²) in [5, 5.41) is 0. The molecule has 0 bridgehead atoms. The van der Waals surface area contributed by atoms with E-state index >= 15 is 0 Å². The maximum atomic E-state index is 14.2. The summed E-state index contributed by atoms with van der Waals surface area (Å²) in [5.41, 5.74) is -0.546. The van der Waals surface area contributed by atoms with Crippen LogP contribution in [-0.2, 0) is 33.4 Å². The van der Waals surface area contributed by atoms with Gasteiger partial charge >= 0.3 is 17.9 Å². The minimum Gasteiger partial charge on any atom is -0.469 e.